The van der Waals surface area contributed by atoms with Gasteiger partial charge in [0, 0.05) is 25.7 Å². The van der Waals surface area contributed by atoms with Crippen LogP contribution in [0.1, 0.15) is 39.0 Å². The highest BCUT2D eigenvalue weighted by atomic mass is 16.5. The number of hydrogen-bond acceptors (Lipinski definition) is 3. The van der Waals surface area contributed by atoms with Gasteiger partial charge in [-0.15, -0.1) is 0 Å². The van der Waals surface area contributed by atoms with Crippen molar-refractivity contribution in [2.45, 2.75) is 51.2 Å². The Bertz CT molecular complexity index is 264. The molecule has 0 radical (unpaired) electrons. The molecule has 4 nitrogen and oxygen atoms in total. The quantitative estimate of drug-likeness (QED) is 0.805. The topological polar surface area (TPSA) is 55.6 Å². The Morgan fingerprint density at radius 3 is 2.88 bits per heavy atom. The van der Waals surface area contributed by atoms with Crippen molar-refractivity contribution >= 4 is 5.91 Å². The maximum absolute atomic E-state index is 12.3. The molecule has 1 amide bonds. The maximum Gasteiger partial charge on any atom is 0.251 e. The number of carbonyl (C=O) groups excluding carboxylic acids is 1. The lowest BCUT2D eigenvalue weighted by atomic mass is 9.88. The van der Waals surface area contributed by atoms with Crippen molar-refractivity contribution in [2.24, 2.45) is 11.7 Å². The summed E-state index contributed by atoms with van der Waals surface area (Å²) in [5.41, 5.74) is 5.81. The fraction of sp³-hybridized carbons (Fsp3) is 0.923. The Morgan fingerprint density at radius 2 is 2.29 bits per heavy atom. The average Bonchev–Trinajstić information content (AvgIpc) is 2.91. The van der Waals surface area contributed by atoms with Crippen molar-refractivity contribution in [1.29, 1.82) is 0 Å². The molecule has 0 spiro atoms. The number of amides is 1. The first-order chi connectivity index (χ1) is 8.26. The summed E-state index contributed by atoms with van der Waals surface area (Å²) in [6, 6.07) is 0.227. The number of hydrogen-bond donors (Lipinski definition) is 1. The summed E-state index contributed by atoms with van der Waals surface area (Å²) in [5.74, 6) is 0.907. The smallest absolute Gasteiger partial charge is 0.251 e. The van der Waals surface area contributed by atoms with Gasteiger partial charge in [-0.3, -0.25) is 4.79 Å². The van der Waals surface area contributed by atoms with E-state index in [-0.39, 0.29) is 18.1 Å². The number of carbonyl (C=O) groups is 1. The predicted octanol–water partition coefficient (Wildman–Crippen LogP) is 1.14. The maximum atomic E-state index is 12.3. The average molecular weight is 240 g/mol. The summed E-state index contributed by atoms with van der Waals surface area (Å²) < 4.78 is 5.48. The summed E-state index contributed by atoms with van der Waals surface area (Å²) >= 11 is 0. The normalized spacial score (nSPS) is 34.0. The molecule has 3 atom stereocenters. The van der Waals surface area contributed by atoms with Crippen LogP contribution >= 0.6 is 0 Å². The molecule has 4 heteroatoms. The van der Waals surface area contributed by atoms with E-state index in [0.29, 0.717) is 6.54 Å². The highest BCUT2D eigenvalue weighted by molar-refractivity contribution is 5.81. The molecular formula is C13H24N2O2. The van der Waals surface area contributed by atoms with Gasteiger partial charge in [-0.25, -0.2) is 0 Å². The second-order valence-electron chi connectivity index (χ2n) is 5.22. The number of ether oxygens (including phenoxy) is 1. The van der Waals surface area contributed by atoms with E-state index >= 15 is 0 Å². The van der Waals surface area contributed by atoms with Gasteiger partial charge in [0.2, 0.25) is 0 Å². The molecular weight excluding hydrogens is 216 g/mol. The van der Waals surface area contributed by atoms with Crippen LogP contribution in [0.3, 0.4) is 0 Å². The molecule has 98 valence electrons. The van der Waals surface area contributed by atoms with Gasteiger partial charge in [0.05, 0.1) is 0 Å². The number of piperidine rings is 1. The van der Waals surface area contributed by atoms with Gasteiger partial charge in [-0.2, -0.15) is 0 Å². The van der Waals surface area contributed by atoms with Gasteiger partial charge in [0.25, 0.3) is 5.91 Å². The predicted molar refractivity (Wildman–Crippen MR) is 66.5 cm³/mol. The first kappa shape index (κ1) is 12.8. The second-order valence-corrected chi connectivity index (χ2v) is 5.22. The minimum atomic E-state index is -0.192. The van der Waals surface area contributed by atoms with E-state index in [0.717, 1.165) is 44.8 Å². The molecule has 2 aliphatic heterocycles. The summed E-state index contributed by atoms with van der Waals surface area (Å²) in [6.45, 7) is 4.39. The standard InChI is InChI=1S/C13H24N2O2/c1-2-10-5-6-15(11(8-10)9-14)13(16)12-4-3-7-17-12/h10-12H,2-9,14H2,1H3. The van der Waals surface area contributed by atoms with Crippen molar-refractivity contribution in [3.63, 3.8) is 0 Å². The summed E-state index contributed by atoms with van der Waals surface area (Å²) in [4.78, 5) is 14.3. The van der Waals surface area contributed by atoms with Crippen LogP contribution in [0.5, 0.6) is 0 Å². The Balaban J connectivity index is 1.96. The van der Waals surface area contributed by atoms with Crippen LogP contribution < -0.4 is 5.73 Å². The summed E-state index contributed by atoms with van der Waals surface area (Å²) in [5, 5.41) is 0. The Kier molecular flexibility index (Phi) is 4.40. The SMILES string of the molecule is CCC1CCN(C(=O)C2CCCO2)C(CN)C1. The van der Waals surface area contributed by atoms with E-state index in [4.69, 9.17) is 10.5 Å². The van der Waals surface area contributed by atoms with Crippen LogP contribution in [0.4, 0.5) is 0 Å². The second kappa shape index (κ2) is 5.83. The molecule has 17 heavy (non-hydrogen) atoms. The largest absolute Gasteiger partial charge is 0.368 e. The zero-order chi connectivity index (χ0) is 12.3. The van der Waals surface area contributed by atoms with E-state index in [1.807, 2.05) is 4.90 Å². The van der Waals surface area contributed by atoms with E-state index in [9.17, 15) is 4.79 Å². The minimum absolute atomic E-state index is 0.174. The fourth-order valence-electron chi connectivity index (χ4n) is 2.98. The molecule has 2 N–H and O–H groups in total. The van der Waals surface area contributed by atoms with Crippen LogP contribution in [0, 0.1) is 5.92 Å². The van der Waals surface area contributed by atoms with Crippen molar-refractivity contribution < 1.29 is 9.53 Å². The molecule has 3 unspecified atom stereocenters. The zero-order valence-electron chi connectivity index (χ0n) is 10.7. The molecule has 2 fully saturated rings. The molecule has 0 aromatic heterocycles. The first-order valence-corrected chi connectivity index (χ1v) is 6.88. The number of nitrogens with zero attached hydrogens (tertiary/aromatic N) is 1. The monoisotopic (exact) mass is 240 g/mol. The van der Waals surface area contributed by atoms with E-state index < -0.39 is 0 Å². The number of likely N-dealkylation sites (tertiary alicyclic amines) is 1. The van der Waals surface area contributed by atoms with Crippen LogP contribution in [-0.4, -0.2) is 42.6 Å². The minimum Gasteiger partial charge on any atom is -0.368 e. The lowest BCUT2D eigenvalue weighted by molar-refractivity contribution is -0.145. The zero-order valence-corrected chi connectivity index (χ0v) is 10.7. The van der Waals surface area contributed by atoms with E-state index in [1.54, 1.807) is 0 Å². The summed E-state index contributed by atoms with van der Waals surface area (Å²) in [7, 11) is 0. The van der Waals surface area contributed by atoms with Gasteiger partial charge in [0.15, 0.2) is 0 Å². The van der Waals surface area contributed by atoms with Gasteiger partial charge in [-0.1, -0.05) is 13.3 Å². The fourth-order valence-corrected chi connectivity index (χ4v) is 2.98. The number of rotatable bonds is 3. The lowest BCUT2D eigenvalue weighted by Gasteiger charge is -2.39. The molecule has 2 saturated heterocycles. The third kappa shape index (κ3) is 2.80. The van der Waals surface area contributed by atoms with Crippen molar-refractivity contribution in [3.05, 3.63) is 0 Å². The third-order valence-corrected chi connectivity index (χ3v) is 4.16. The van der Waals surface area contributed by atoms with Gasteiger partial charge >= 0.3 is 0 Å². The van der Waals surface area contributed by atoms with Gasteiger partial charge in [-0.05, 0) is 31.6 Å². The van der Waals surface area contributed by atoms with Crippen LogP contribution in [-0.2, 0) is 9.53 Å². The Labute approximate surface area is 103 Å². The van der Waals surface area contributed by atoms with Crippen LogP contribution in [0.2, 0.25) is 0 Å². The third-order valence-electron chi connectivity index (χ3n) is 4.16. The summed E-state index contributed by atoms with van der Waals surface area (Å²) in [6.07, 6.45) is 5.07. The van der Waals surface area contributed by atoms with Crippen LogP contribution in [0.15, 0.2) is 0 Å². The molecule has 2 heterocycles. The number of nitrogens with two attached hydrogens (primary N) is 1. The highest BCUT2D eigenvalue weighted by Gasteiger charge is 2.35. The van der Waals surface area contributed by atoms with Crippen molar-refractivity contribution in [1.82, 2.24) is 4.90 Å². The van der Waals surface area contributed by atoms with E-state index in [1.165, 1.54) is 6.42 Å². The molecule has 0 saturated carbocycles. The van der Waals surface area contributed by atoms with Gasteiger partial charge in [0.1, 0.15) is 6.10 Å². The van der Waals surface area contributed by atoms with Gasteiger partial charge < -0.3 is 15.4 Å². The van der Waals surface area contributed by atoms with Crippen molar-refractivity contribution in [2.75, 3.05) is 19.7 Å². The molecule has 0 aliphatic carbocycles. The highest BCUT2D eigenvalue weighted by Crippen LogP contribution is 2.27. The molecule has 0 aromatic rings. The molecule has 2 aliphatic rings. The Hall–Kier alpha value is -0.610. The first-order valence-electron chi connectivity index (χ1n) is 6.88. The Morgan fingerprint density at radius 1 is 1.47 bits per heavy atom. The van der Waals surface area contributed by atoms with Crippen LogP contribution in [0.25, 0.3) is 0 Å². The van der Waals surface area contributed by atoms with Crippen molar-refractivity contribution in [3.8, 4) is 0 Å². The lowest BCUT2D eigenvalue weighted by Crippen LogP contribution is -2.52. The molecule has 0 bridgehead atoms. The molecule has 0 aromatic carbocycles. The van der Waals surface area contributed by atoms with E-state index in [2.05, 4.69) is 6.92 Å². The molecule has 2 rings (SSSR count).